The molecule has 0 aliphatic carbocycles. The van der Waals surface area contributed by atoms with Crippen molar-refractivity contribution in [3.8, 4) is 0 Å². The summed E-state index contributed by atoms with van der Waals surface area (Å²) in [4.78, 5) is 0. The summed E-state index contributed by atoms with van der Waals surface area (Å²) in [5.74, 6) is 0. The summed E-state index contributed by atoms with van der Waals surface area (Å²) >= 11 is 0. The minimum absolute atomic E-state index is 0.810. The maximum Gasteiger partial charge on any atom is 0.249 e. The van der Waals surface area contributed by atoms with Gasteiger partial charge in [-0.25, -0.2) is 0 Å². The van der Waals surface area contributed by atoms with E-state index in [1.807, 2.05) is 0 Å². The molecule has 170 valence electrons. The van der Waals surface area contributed by atoms with Gasteiger partial charge in [-0.15, -0.1) is 0 Å². The van der Waals surface area contributed by atoms with Crippen LogP contribution in [-0.4, -0.2) is 42.5 Å². The normalized spacial score (nSPS) is 17.6. The highest BCUT2D eigenvalue weighted by molar-refractivity contribution is 7.32. The molecule has 1 aliphatic rings. The molecule has 2 nitrogen and oxygen atoms in total. The molecule has 0 N–H and O–H groups in total. The maximum absolute atomic E-state index is 3.14. The number of benzene rings is 4. The predicted octanol–water partition coefficient (Wildman–Crippen LogP) is 3.62. The van der Waals surface area contributed by atoms with E-state index in [9.17, 15) is 0 Å². The van der Waals surface area contributed by atoms with E-state index >= 15 is 0 Å². The second-order valence-corrected chi connectivity index (χ2v) is 23.5. The zero-order valence-electron chi connectivity index (χ0n) is 20.4. The largest absolute Gasteiger partial charge is 0.331 e. The smallest absolute Gasteiger partial charge is 0.249 e. The number of rotatable bonds is 6. The third-order valence-corrected chi connectivity index (χ3v) is 29.0. The van der Waals surface area contributed by atoms with Gasteiger partial charge < -0.3 is 7.79 Å². The zero-order chi connectivity index (χ0) is 23.8. The van der Waals surface area contributed by atoms with Crippen LogP contribution in [0.25, 0.3) is 0 Å². The Kier molecular flexibility index (Phi) is 6.45. The molecule has 0 bridgehead atoms. The average Bonchev–Trinajstić information content (AvgIpc) is 2.86. The van der Waals surface area contributed by atoms with Crippen LogP contribution in [0.2, 0.25) is 26.2 Å². The number of hydrogen-bond acceptors (Lipinski definition) is 2. The molecular formula is C28H32N2Si4. The monoisotopic (exact) mass is 508 g/mol. The first-order chi connectivity index (χ1) is 16.6. The molecular weight excluding hydrogens is 477 g/mol. The van der Waals surface area contributed by atoms with Crippen molar-refractivity contribution >= 4 is 55.5 Å². The van der Waals surface area contributed by atoms with Crippen molar-refractivity contribution in [2.75, 3.05) is 0 Å². The van der Waals surface area contributed by atoms with Crippen LogP contribution in [0.3, 0.4) is 0 Å². The van der Waals surface area contributed by atoms with E-state index < -0.39 is 34.7 Å². The molecule has 1 fully saturated rings. The Hall–Kier alpha value is -2.33. The Morgan fingerprint density at radius 2 is 0.588 bits per heavy atom. The SMILES string of the molecule is C[Si](C)N1[Si](c2ccccc2)(c2ccccc2)N([Si](C)C)[Si]1(c1ccccc1)c1ccccc1. The summed E-state index contributed by atoms with van der Waals surface area (Å²) in [5.41, 5.74) is 0. The lowest BCUT2D eigenvalue weighted by Crippen LogP contribution is -3.08. The van der Waals surface area contributed by atoms with Crippen LogP contribution in [0.15, 0.2) is 121 Å². The van der Waals surface area contributed by atoms with Gasteiger partial charge in [0.1, 0.15) is 17.9 Å². The summed E-state index contributed by atoms with van der Waals surface area (Å²) in [6.45, 7) is 10.1. The van der Waals surface area contributed by atoms with Crippen LogP contribution in [0.1, 0.15) is 0 Å². The molecule has 1 heterocycles. The van der Waals surface area contributed by atoms with Crippen LogP contribution in [-0.2, 0) is 0 Å². The Morgan fingerprint density at radius 3 is 0.765 bits per heavy atom. The summed E-state index contributed by atoms with van der Waals surface area (Å²) in [6.07, 6.45) is 0. The topological polar surface area (TPSA) is 6.48 Å². The highest BCUT2D eigenvalue weighted by Crippen LogP contribution is 2.40. The van der Waals surface area contributed by atoms with Crippen molar-refractivity contribution in [1.29, 1.82) is 0 Å². The van der Waals surface area contributed by atoms with Crippen LogP contribution in [0.5, 0.6) is 0 Å². The van der Waals surface area contributed by atoms with Gasteiger partial charge in [0.05, 0.1) is 0 Å². The quantitative estimate of drug-likeness (QED) is 0.367. The molecule has 34 heavy (non-hydrogen) atoms. The van der Waals surface area contributed by atoms with Crippen molar-refractivity contribution in [2.45, 2.75) is 26.2 Å². The lowest BCUT2D eigenvalue weighted by molar-refractivity contribution is 0.679. The van der Waals surface area contributed by atoms with Crippen LogP contribution in [0, 0.1) is 0 Å². The van der Waals surface area contributed by atoms with E-state index in [2.05, 4.69) is 155 Å². The lowest BCUT2D eigenvalue weighted by atomic mass is 10.4. The van der Waals surface area contributed by atoms with Gasteiger partial charge in [-0.2, -0.15) is 0 Å². The lowest BCUT2D eigenvalue weighted by Gasteiger charge is -2.74. The molecule has 0 unspecified atom stereocenters. The average molecular weight is 509 g/mol. The summed E-state index contributed by atoms with van der Waals surface area (Å²) < 4.78 is 6.27. The van der Waals surface area contributed by atoms with Crippen molar-refractivity contribution in [1.82, 2.24) is 7.79 Å². The molecule has 0 saturated carbocycles. The minimum Gasteiger partial charge on any atom is -0.331 e. The first-order valence-corrected chi connectivity index (χ1v) is 20.7. The van der Waals surface area contributed by atoms with Crippen molar-refractivity contribution < 1.29 is 0 Å². The molecule has 4 aromatic rings. The molecule has 5 rings (SSSR count). The summed E-state index contributed by atoms with van der Waals surface area (Å²) in [5, 5.41) is 6.09. The van der Waals surface area contributed by atoms with Gasteiger partial charge in [-0.05, 0) is 20.7 Å². The first-order valence-electron chi connectivity index (χ1n) is 12.0. The van der Waals surface area contributed by atoms with E-state index in [4.69, 9.17) is 0 Å². The third-order valence-electron chi connectivity index (χ3n) is 6.89. The molecule has 1 aliphatic heterocycles. The molecule has 1 saturated heterocycles. The standard InChI is InChI=1S/C28H32N2Si4/c1-31(2)29-33(25-17-9-5-10-18-25,26-19-11-6-12-20-26)30(32(3)4)34(29,27-21-13-7-14-22-27)28-23-15-8-16-24-28/h5-24H,1-4H3. The van der Waals surface area contributed by atoms with E-state index in [1.54, 1.807) is 0 Å². The van der Waals surface area contributed by atoms with Crippen molar-refractivity contribution in [2.24, 2.45) is 0 Å². The fourth-order valence-corrected chi connectivity index (χ4v) is 35.6. The van der Waals surface area contributed by atoms with Gasteiger partial charge in [-0.3, -0.25) is 0 Å². The fraction of sp³-hybridized carbons (Fsp3) is 0.143. The highest BCUT2D eigenvalue weighted by atomic mass is 28.6. The third kappa shape index (κ3) is 3.32. The summed E-state index contributed by atoms with van der Waals surface area (Å²) in [6, 6.07) is 45.8. The number of hydrogen-bond donors (Lipinski definition) is 0. The fourth-order valence-electron chi connectivity index (χ4n) is 5.97. The highest BCUT2D eigenvalue weighted by Gasteiger charge is 2.74. The van der Waals surface area contributed by atoms with Crippen molar-refractivity contribution in [3.63, 3.8) is 0 Å². The van der Waals surface area contributed by atoms with Crippen LogP contribution < -0.4 is 20.7 Å². The molecule has 6 heteroatoms. The van der Waals surface area contributed by atoms with E-state index in [0.29, 0.717) is 0 Å². The molecule has 4 aromatic carbocycles. The van der Waals surface area contributed by atoms with Gasteiger partial charge in [0.15, 0.2) is 0 Å². The molecule has 0 amide bonds. The Bertz CT molecular complexity index is 1030. The van der Waals surface area contributed by atoms with E-state index in [1.165, 1.54) is 20.7 Å². The predicted molar refractivity (Wildman–Crippen MR) is 154 cm³/mol. The van der Waals surface area contributed by atoms with Gasteiger partial charge >= 0.3 is 0 Å². The first kappa shape index (κ1) is 23.4. The van der Waals surface area contributed by atoms with Crippen LogP contribution in [0.4, 0.5) is 0 Å². The Labute approximate surface area is 210 Å². The second-order valence-electron chi connectivity index (χ2n) is 9.37. The molecule has 0 aromatic heterocycles. The second kappa shape index (κ2) is 9.37. The Morgan fingerprint density at radius 1 is 0.382 bits per heavy atom. The Balaban J connectivity index is 1.92. The van der Waals surface area contributed by atoms with E-state index in [0.717, 1.165) is 0 Å². The van der Waals surface area contributed by atoms with Gasteiger partial charge in [-0.1, -0.05) is 148 Å². The minimum atomic E-state index is -2.36. The zero-order valence-corrected chi connectivity index (χ0v) is 24.4. The van der Waals surface area contributed by atoms with Crippen molar-refractivity contribution in [3.05, 3.63) is 121 Å². The van der Waals surface area contributed by atoms with Gasteiger partial charge in [0.2, 0.25) is 16.8 Å². The van der Waals surface area contributed by atoms with Crippen LogP contribution >= 0.6 is 0 Å². The van der Waals surface area contributed by atoms with Gasteiger partial charge in [0.25, 0.3) is 0 Å². The molecule has 0 atom stereocenters. The maximum atomic E-state index is 3.14. The summed E-state index contributed by atoms with van der Waals surface area (Å²) in [7, 11) is -6.34. The van der Waals surface area contributed by atoms with Gasteiger partial charge in [0, 0.05) is 0 Å². The molecule has 2 radical (unpaired) electrons. The molecule has 0 spiro atoms. The number of nitrogens with zero attached hydrogens (tertiary/aromatic N) is 2. The van der Waals surface area contributed by atoms with E-state index in [-0.39, 0.29) is 0 Å².